The second kappa shape index (κ2) is 11.0. The highest BCUT2D eigenvalue weighted by atomic mass is 16.9. The number of ketones is 1. The number of rotatable bonds is 10. The molecular formula is C37H44O10. The predicted octanol–water partition coefficient (Wildman–Crippen LogP) is 3.55. The summed E-state index contributed by atoms with van der Waals surface area (Å²) in [7, 11) is 0. The van der Waals surface area contributed by atoms with E-state index in [-0.39, 0.29) is 5.57 Å². The number of hydrogen-bond acceptors (Lipinski definition) is 10. The molecule has 6 aliphatic rings. The molecule has 3 saturated heterocycles. The molecule has 10 heteroatoms. The van der Waals surface area contributed by atoms with Crippen LogP contribution in [0.25, 0.3) is 6.08 Å². The van der Waals surface area contributed by atoms with Crippen molar-refractivity contribution in [2.45, 2.75) is 106 Å². The van der Waals surface area contributed by atoms with E-state index in [4.69, 9.17) is 23.7 Å². The first-order valence-corrected chi connectivity index (χ1v) is 16.7. The van der Waals surface area contributed by atoms with Gasteiger partial charge in [0.25, 0.3) is 0 Å². The van der Waals surface area contributed by atoms with Crippen LogP contribution in [0, 0.1) is 17.8 Å². The van der Waals surface area contributed by atoms with Gasteiger partial charge in [-0.05, 0) is 49.5 Å². The number of hydrogen-bond donors (Lipinski definition) is 3. The number of aliphatic hydroxyl groups excluding tert-OH is 2. The molecule has 1 aromatic carbocycles. The second-order valence-corrected chi connectivity index (χ2v) is 14.1. The minimum Gasteiger partial charge on any atom is -0.455 e. The molecule has 0 radical (unpaired) electrons. The lowest BCUT2D eigenvalue weighted by Crippen LogP contribution is -2.76. The van der Waals surface area contributed by atoms with Gasteiger partial charge < -0.3 is 39.0 Å². The Balaban J connectivity index is 1.40. The molecule has 12 atom stereocenters. The van der Waals surface area contributed by atoms with Crippen molar-refractivity contribution in [3.05, 3.63) is 77.9 Å². The van der Waals surface area contributed by atoms with Gasteiger partial charge in [0, 0.05) is 29.9 Å². The number of Topliss-reactive ketones (excluding diaryl/α,β-unsaturated/α-hetero) is 1. The molecule has 3 aliphatic heterocycles. The smallest absolute Gasteiger partial charge is 0.331 e. The molecule has 7 rings (SSSR count). The fourth-order valence-electron chi connectivity index (χ4n) is 9.26. The molecule has 3 bridgehead atoms. The Morgan fingerprint density at radius 1 is 1.13 bits per heavy atom. The molecule has 0 amide bonds. The summed E-state index contributed by atoms with van der Waals surface area (Å²) in [4.78, 5) is 27.4. The molecule has 3 aliphatic carbocycles. The van der Waals surface area contributed by atoms with Gasteiger partial charge in [-0.2, -0.15) is 0 Å². The first kappa shape index (κ1) is 32.6. The normalized spacial score (nSPS) is 45.8. The molecule has 47 heavy (non-hydrogen) atoms. The number of ether oxygens (including phenoxy) is 5. The number of benzene rings is 1. The van der Waals surface area contributed by atoms with Gasteiger partial charge in [0.2, 0.25) is 0 Å². The van der Waals surface area contributed by atoms with Crippen molar-refractivity contribution < 1.29 is 48.6 Å². The zero-order valence-electron chi connectivity index (χ0n) is 27.3. The molecular weight excluding hydrogens is 604 g/mol. The van der Waals surface area contributed by atoms with Crippen LogP contribution < -0.4 is 0 Å². The van der Waals surface area contributed by atoms with E-state index in [0.717, 1.165) is 31.2 Å². The summed E-state index contributed by atoms with van der Waals surface area (Å²) >= 11 is 0. The van der Waals surface area contributed by atoms with Crippen LogP contribution in [-0.2, 0) is 33.3 Å². The highest BCUT2D eigenvalue weighted by Crippen LogP contribution is 2.73. The van der Waals surface area contributed by atoms with Crippen LogP contribution in [0.4, 0.5) is 0 Å². The van der Waals surface area contributed by atoms with E-state index in [9.17, 15) is 24.9 Å². The number of aliphatic hydroxyl groups is 3. The van der Waals surface area contributed by atoms with E-state index in [1.807, 2.05) is 43.3 Å². The Morgan fingerprint density at radius 2 is 1.87 bits per heavy atom. The monoisotopic (exact) mass is 648 g/mol. The zero-order chi connectivity index (χ0) is 33.6. The Kier molecular flexibility index (Phi) is 7.65. The van der Waals surface area contributed by atoms with Crippen LogP contribution in [0.5, 0.6) is 0 Å². The quantitative estimate of drug-likeness (QED) is 0.113. The maximum absolute atomic E-state index is 13.8. The molecule has 0 aromatic heterocycles. The largest absolute Gasteiger partial charge is 0.455 e. The van der Waals surface area contributed by atoms with E-state index >= 15 is 0 Å². The Morgan fingerprint density at radius 3 is 2.55 bits per heavy atom. The maximum atomic E-state index is 13.8. The summed E-state index contributed by atoms with van der Waals surface area (Å²) in [5, 5.41) is 34.9. The van der Waals surface area contributed by atoms with Crippen molar-refractivity contribution in [2.24, 2.45) is 17.8 Å². The van der Waals surface area contributed by atoms with Crippen molar-refractivity contribution >= 4 is 17.8 Å². The summed E-state index contributed by atoms with van der Waals surface area (Å²) in [6, 6.07) is 9.34. The number of esters is 1. The van der Waals surface area contributed by atoms with Gasteiger partial charge >= 0.3 is 11.9 Å². The highest BCUT2D eigenvalue weighted by Gasteiger charge is 2.90. The van der Waals surface area contributed by atoms with Gasteiger partial charge in [0.1, 0.15) is 30.0 Å². The molecule has 10 nitrogen and oxygen atoms in total. The number of fused-ring (bicyclic) bond motifs is 3. The number of carbonyl (C=O) groups is 2. The topological polar surface area (TPSA) is 144 Å². The number of allylic oxidation sites excluding steroid dienone is 1. The van der Waals surface area contributed by atoms with Crippen molar-refractivity contribution in [1.29, 1.82) is 0 Å². The Hall–Kier alpha value is -2.96. The summed E-state index contributed by atoms with van der Waals surface area (Å²) in [5.74, 6) is -5.76. The third kappa shape index (κ3) is 4.22. The molecule has 3 heterocycles. The third-order valence-electron chi connectivity index (χ3n) is 11.5. The summed E-state index contributed by atoms with van der Waals surface area (Å²) in [6.45, 7) is 11.0. The van der Waals surface area contributed by atoms with Crippen LogP contribution in [0.1, 0.15) is 58.9 Å². The van der Waals surface area contributed by atoms with E-state index < -0.39 is 88.9 Å². The van der Waals surface area contributed by atoms with Gasteiger partial charge in [0.15, 0.2) is 17.0 Å². The summed E-state index contributed by atoms with van der Waals surface area (Å²) in [6.07, 6.45) is 7.40. The SMILES string of the molecule is C=C(C)[C@@]12O[C@@]3(/C=C/CCCCC)O[C@@H]1[C@H]1[C@@H]4O[C@]4(CO)[C@@H](O)[C@]4(O)C(=O)C(C)=C[C@H]4[C@@]1(O3)[C@H](C)[C@H]2OC(=O)/C=C/c1ccccc1. The Labute approximate surface area is 274 Å². The fraction of sp³-hybridized carbons (Fsp3) is 0.568. The van der Waals surface area contributed by atoms with Gasteiger partial charge in [-0.15, -0.1) is 0 Å². The zero-order valence-corrected chi connectivity index (χ0v) is 27.3. The van der Waals surface area contributed by atoms with E-state index in [0.29, 0.717) is 5.57 Å². The van der Waals surface area contributed by atoms with Gasteiger partial charge in [0.05, 0.1) is 12.2 Å². The van der Waals surface area contributed by atoms with Crippen molar-refractivity contribution in [1.82, 2.24) is 0 Å². The maximum Gasteiger partial charge on any atom is 0.331 e. The summed E-state index contributed by atoms with van der Waals surface area (Å²) in [5.41, 5.74) is -5.46. The lowest BCUT2D eigenvalue weighted by Gasteiger charge is -2.61. The van der Waals surface area contributed by atoms with Crippen LogP contribution in [0.3, 0.4) is 0 Å². The van der Waals surface area contributed by atoms with Crippen molar-refractivity contribution in [3.8, 4) is 0 Å². The number of epoxide rings is 1. The van der Waals surface area contributed by atoms with Crippen LogP contribution in [-0.4, -0.2) is 86.5 Å². The van der Waals surface area contributed by atoms with Crippen LogP contribution in [0.15, 0.2) is 72.4 Å². The standard InChI is InChI=1S/C37H44O10/c1-6-7-8-9-13-18-34-45-31-27-30-33(20-38,44-30)32(41)35(42)25(19-22(4)28(35)40)37(27,47-34)23(5)29(36(31,46-34)21(2)3)43-26(39)17-16-24-14-11-10-12-15-24/h10-19,23,25,27,29-32,38,41-42H,2,6-9,20H2,1,3-5H3/b17-16+,18-13+/t23-,25-,27-,29-,30+,31-,32-,33+,34-,35-,36+,37+/m1/s1. The Bertz CT molecular complexity index is 1570. The molecule has 2 saturated carbocycles. The lowest BCUT2D eigenvalue weighted by atomic mass is 9.53. The minimum atomic E-state index is -2.40. The highest BCUT2D eigenvalue weighted by molar-refractivity contribution is 6.05. The first-order valence-electron chi connectivity index (χ1n) is 16.7. The van der Waals surface area contributed by atoms with Gasteiger partial charge in [-0.25, -0.2) is 4.79 Å². The fourth-order valence-corrected chi connectivity index (χ4v) is 9.26. The lowest BCUT2D eigenvalue weighted by molar-refractivity contribution is -0.407. The van der Waals surface area contributed by atoms with E-state index in [1.165, 1.54) is 6.08 Å². The molecule has 252 valence electrons. The van der Waals surface area contributed by atoms with Crippen molar-refractivity contribution in [3.63, 3.8) is 0 Å². The second-order valence-electron chi connectivity index (χ2n) is 14.1. The molecule has 0 spiro atoms. The molecule has 1 aromatic rings. The van der Waals surface area contributed by atoms with Crippen LogP contribution >= 0.6 is 0 Å². The van der Waals surface area contributed by atoms with E-state index in [1.54, 1.807) is 32.1 Å². The van der Waals surface area contributed by atoms with Crippen molar-refractivity contribution in [2.75, 3.05) is 6.61 Å². The van der Waals surface area contributed by atoms with Crippen LogP contribution in [0.2, 0.25) is 0 Å². The molecule has 3 N–H and O–H groups in total. The molecule has 0 unspecified atom stereocenters. The number of carbonyl (C=O) groups excluding carboxylic acids is 2. The number of unbranched alkanes of at least 4 members (excludes halogenated alkanes) is 3. The average Bonchev–Trinajstić information content (AvgIpc) is 3.68. The van der Waals surface area contributed by atoms with Gasteiger partial charge in [-0.3, -0.25) is 4.79 Å². The molecule has 5 fully saturated rings. The third-order valence-corrected chi connectivity index (χ3v) is 11.5. The van der Waals surface area contributed by atoms with E-state index in [2.05, 4.69) is 13.5 Å². The predicted molar refractivity (Wildman–Crippen MR) is 169 cm³/mol. The van der Waals surface area contributed by atoms with Gasteiger partial charge in [-0.1, -0.05) is 75.8 Å². The minimum absolute atomic E-state index is 0.243. The summed E-state index contributed by atoms with van der Waals surface area (Å²) < 4.78 is 33.1. The average molecular weight is 649 g/mol. The first-order chi connectivity index (χ1) is 22.4.